The van der Waals surface area contributed by atoms with Crippen LogP contribution in [0, 0.1) is 11.6 Å². The highest BCUT2D eigenvalue weighted by atomic mass is 35.5. The topological polar surface area (TPSA) is 32.3 Å². The second kappa shape index (κ2) is 5.53. The van der Waals surface area contributed by atoms with Gasteiger partial charge in [0.05, 0.1) is 16.8 Å². The van der Waals surface area contributed by atoms with Crippen molar-refractivity contribution >= 4 is 17.3 Å². The van der Waals surface area contributed by atoms with E-state index < -0.39 is 11.6 Å². The van der Waals surface area contributed by atoms with Crippen molar-refractivity contribution in [1.29, 1.82) is 0 Å². The molecule has 2 aromatic carbocycles. The van der Waals surface area contributed by atoms with Gasteiger partial charge in [-0.2, -0.15) is 0 Å². The van der Waals surface area contributed by atoms with Gasteiger partial charge in [-0.25, -0.2) is 8.78 Å². The summed E-state index contributed by atoms with van der Waals surface area (Å²) < 4.78 is 27.0. The second-order valence-electron chi connectivity index (χ2n) is 5.22. The Bertz CT molecular complexity index is 667. The maximum atomic E-state index is 13.9. The van der Waals surface area contributed by atoms with Crippen LogP contribution in [0.3, 0.4) is 0 Å². The van der Waals surface area contributed by atoms with E-state index in [9.17, 15) is 13.9 Å². The summed E-state index contributed by atoms with van der Waals surface area (Å²) in [6.07, 6.45) is 2.67. The van der Waals surface area contributed by atoms with E-state index in [0.717, 1.165) is 42.5 Å². The number of aryl methyl sites for hydroxylation is 1. The number of benzene rings is 2. The molecule has 0 saturated heterocycles. The first-order valence-electron chi connectivity index (χ1n) is 6.77. The molecule has 2 aromatic rings. The van der Waals surface area contributed by atoms with Crippen molar-refractivity contribution in [3.63, 3.8) is 0 Å². The lowest BCUT2D eigenvalue weighted by Crippen LogP contribution is -2.18. The summed E-state index contributed by atoms with van der Waals surface area (Å²) in [4.78, 5) is 0. The third kappa shape index (κ3) is 2.81. The Balaban J connectivity index is 1.96. The molecule has 2 N–H and O–H groups in total. The SMILES string of the molecule is Oc1ccc2c(c1)C(Nc1c(F)cc(F)cc1Cl)CCC2. The Morgan fingerprint density at radius 2 is 2.00 bits per heavy atom. The largest absolute Gasteiger partial charge is 0.508 e. The van der Waals surface area contributed by atoms with Crippen molar-refractivity contribution in [3.8, 4) is 5.75 Å². The van der Waals surface area contributed by atoms with Crippen molar-refractivity contribution in [2.45, 2.75) is 25.3 Å². The van der Waals surface area contributed by atoms with Gasteiger partial charge in [0.15, 0.2) is 5.82 Å². The number of anilines is 1. The average Bonchev–Trinajstić information content (AvgIpc) is 2.43. The van der Waals surface area contributed by atoms with Crippen LogP contribution in [0.15, 0.2) is 30.3 Å². The zero-order valence-corrected chi connectivity index (χ0v) is 11.9. The van der Waals surface area contributed by atoms with Crippen LogP contribution >= 0.6 is 11.6 Å². The van der Waals surface area contributed by atoms with Gasteiger partial charge in [0.1, 0.15) is 11.6 Å². The van der Waals surface area contributed by atoms with E-state index in [1.807, 2.05) is 6.07 Å². The van der Waals surface area contributed by atoms with Crippen molar-refractivity contribution in [2.75, 3.05) is 5.32 Å². The number of rotatable bonds is 2. The molecule has 0 bridgehead atoms. The average molecular weight is 310 g/mol. The van der Waals surface area contributed by atoms with Crippen LogP contribution in [-0.4, -0.2) is 5.11 Å². The van der Waals surface area contributed by atoms with Crippen LogP contribution in [0.4, 0.5) is 14.5 Å². The summed E-state index contributed by atoms with van der Waals surface area (Å²) in [6.45, 7) is 0. The Morgan fingerprint density at radius 3 is 2.76 bits per heavy atom. The molecule has 1 unspecified atom stereocenters. The Hall–Kier alpha value is -1.81. The molecule has 0 amide bonds. The molecule has 2 nitrogen and oxygen atoms in total. The summed E-state index contributed by atoms with van der Waals surface area (Å²) in [5.41, 5.74) is 2.15. The van der Waals surface area contributed by atoms with Crippen LogP contribution in [0.25, 0.3) is 0 Å². The Labute approximate surface area is 126 Å². The molecule has 21 heavy (non-hydrogen) atoms. The highest BCUT2D eigenvalue weighted by Crippen LogP contribution is 2.37. The van der Waals surface area contributed by atoms with Crippen LogP contribution in [0.1, 0.15) is 30.0 Å². The number of aromatic hydroxyl groups is 1. The summed E-state index contributed by atoms with van der Waals surface area (Å²) in [6, 6.07) is 6.94. The number of phenolic OH excluding ortho intramolecular Hbond substituents is 1. The van der Waals surface area contributed by atoms with Crippen LogP contribution in [0.5, 0.6) is 5.75 Å². The third-order valence-electron chi connectivity index (χ3n) is 3.77. The highest BCUT2D eigenvalue weighted by molar-refractivity contribution is 6.33. The fraction of sp³-hybridized carbons (Fsp3) is 0.250. The molecule has 0 spiro atoms. The van der Waals surface area contributed by atoms with Crippen LogP contribution in [-0.2, 0) is 6.42 Å². The summed E-state index contributed by atoms with van der Waals surface area (Å²) in [7, 11) is 0. The number of phenols is 1. The second-order valence-corrected chi connectivity index (χ2v) is 5.62. The van der Waals surface area contributed by atoms with Gasteiger partial charge in [-0.15, -0.1) is 0 Å². The first kappa shape index (κ1) is 14.1. The minimum absolute atomic E-state index is 0.0137. The summed E-state index contributed by atoms with van der Waals surface area (Å²) in [5, 5.41) is 12.7. The lowest BCUT2D eigenvalue weighted by atomic mass is 9.87. The van der Waals surface area contributed by atoms with Crippen molar-refractivity contribution in [1.82, 2.24) is 0 Å². The molecule has 0 heterocycles. The monoisotopic (exact) mass is 309 g/mol. The Morgan fingerprint density at radius 1 is 1.19 bits per heavy atom. The van der Waals surface area contributed by atoms with Gasteiger partial charge in [0.25, 0.3) is 0 Å². The molecule has 1 aliphatic carbocycles. The fourth-order valence-corrected chi connectivity index (χ4v) is 3.04. The van der Waals surface area contributed by atoms with Gasteiger partial charge >= 0.3 is 0 Å². The van der Waals surface area contributed by atoms with Crippen LogP contribution < -0.4 is 5.32 Å². The van der Waals surface area contributed by atoms with Gasteiger partial charge in [-0.3, -0.25) is 0 Å². The number of fused-ring (bicyclic) bond motifs is 1. The van der Waals surface area contributed by atoms with E-state index in [2.05, 4.69) is 5.32 Å². The van der Waals surface area contributed by atoms with E-state index in [4.69, 9.17) is 11.6 Å². The van der Waals surface area contributed by atoms with E-state index >= 15 is 0 Å². The third-order valence-corrected chi connectivity index (χ3v) is 4.07. The maximum Gasteiger partial charge on any atom is 0.150 e. The highest BCUT2D eigenvalue weighted by Gasteiger charge is 2.22. The molecule has 1 atom stereocenters. The quantitative estimate of drug-likeness (QED) is 0.834. The zero-order chi connectivity index (χ0) is 15.0. The minimum atomic E-state index is -0.715. The minimum Gasteiger partial charge on any atom is -0.508 e. The maximum absolute atomic E-state index is 13.9. The molecule has 5 heteroatoms. The summed E-state index contributed by atoms with van der Waals surface area (Å²) >= 11 is 5.92. The van der Waals surface area contributed by atoms with Gasteiger partial charge in [-0.05, 0) is 48.6 Å². The molecule has 0 fully saturated rings. The zero-order valence-electron chi connectivity index (χ0n) is 11.2. The van der Waals surface area contributed by atoms with E-state index in [1.54, 1.807) is 12.1 Å². The van der Waals surface area contributed by atoms with Crippen LogP contribution in [0.2, 0.25) is 5.02 Å². The van der Waals surface area contributed by atoms with Gasteiger partial charge in [0, 0.05) is 6.07 Å². The molecule has 110 valence electrons. The smallest absolute Gasteiger partial charge is 0.150 e. The molecule has 0 radical (unpaired) electrons. The normalized spacial score (nSPS) is 17.4. The number of nitrogens with one attached hydrogen (secondary N) is 1. The Kier molecular flexibility index (Phi) is 3.72. The van der Waals surface area contributed by atoms with E-state index in [-0.39, 0.29) is 22.5 Å². The molecular formula is C16H14ClF2NO. The van der Waals surface area contributed by atoms with E-state index in [0.29, 0.717) is 0 Å². The fourth-order valence-electron chi connectivity index (χ4n) is 2.79. The molecular weight excluding hydrogens is 296 g/mol. The van der Waals surface area contributed by atoms with Crippen molar-refractivity contribution in [2.24, 2.45) is 0 Å². The standard InChI is InChI=1S/C16H14ClF2NO/c17-13-6-10(18)7-14(19)16(13)20-15-3-1-2-9-4-5-11(21)8-12(9)15/h4-8,15,20-21H,1-3H2. The van der Waals surface area contributed by atoms with Gasteiger partial charge in [0.2, 0.25) is 0 Å². The first-order chi connectivity index (χ1) is 10.0. The lowest BCUT2D eigenvalue weighted by Gasteiger charge is -2.28. The van der Waals surface area contributed by atoms with Gasteiger partial charge in [-0.1, -0.05) is 17.7 Å². The molecule has 0 saturated carbocycles. The number of halogens is 3. The molecule has 1 aliphatic rings. The number of hydrogen-bond acceptors (Lipinski definition) is 2. The van der Waals surface area contributed by atoms with Crippen molar-refractivity contribution in [3.05, 3.63) is 58.1 Å². The first-order valence-corrected chi connectivity index (χ1v) is 7.15. The number of hydrogen-bond donors (Lipinski definition) is 2. The predicted octanol–water partition coefficient (Wildman–Crippen LogP) is 4.81. The van der Waals surface area contributed by atoms with Gasteiger partial charge < -0.3 is 10.4 Å². The molecule has 0 aliphatic heterocycles. The summed E-state index contributed by atoms with van der Waals surface area (Å²) in [5.74, 6) is -1.25. The van der Waals surface area contributed by atoms with E-state index in [1.165, 1.54) is 0 Å². The van der Waals surface area contributed by atoms with Crippen molar-refractivity contribution < 1.29 is 13.9 Å². The molecule has 3 rings (SSSR count). The molecule has 0 aromatic heterocycles. The predicted molar refractivity (Wildman–Crippen MR) is 78.8 cm³/mol. The lowest BCUT2D eigenvalue weighted by molar-refractivity contribution is 0.471.